The molecule has 0 aromatic heterocycles. The van der Waals surface area contributed by atoms with Gasteiger partial charge in [0.2, 0.25) is 5.91 Å². The van der Waals surface area contributed by atoms with Crippen molar-refractivity contribution < 1.29 is 68.3 Å². The summed E-state index contributed by atoms with van der Waals surface area (Å²) in [5.41, 5.74) is -4.76. The highest BCUT2D eigenvalue weighted by Crippen LogP contribution is 2.40. The van der Waals surface area contributed by atoms with E-state index in [0.29, 0.717) is 6.42 Å². The molecule has 57 heavy (non-hydrogen) atoms. The zero-order valence-corrected chi connectivity index (χ0v) is 36.8. The summed E-state index contributed by atoms with van der Waals surface area (Å²) in [6.45, 7) is 18.8. The Labute approximate surface area is 340 Å². The van der Waals surface area contributed by atoms with Gasteiger partial charge in [-0.1, -0.05) is 20.8 Å². The number of esters is 1. The van der Waals surface area contributed by atoms with E-state index >= 15 is 0 Å². The first-order valence-electron chi connectivity index (χ1n) is 20.7. The second-order valence-corrected chi connectivity index (χ2v) is 18.0. The Kier molecular flexibility index (Phi) is 17.8. The fraction of sp³-hybridized carbons (Fsp3) is 0.951. The molecule has 6 N–H and O–H groups in total. The number of carbonyl (C=O) groups is 2. The molecule has 1 amide bonds. The van der Waals surface area contributed by atoms with Gasteiger partial charge in [0.25, 0.3) is 0 Å². The van der Waals surface area contributed by atoms with E-state index in [2.05, 4.69) is 10.2 Å². The van der Waals surface area contributed by atoms with Gasteiger partial charge in [0.1, 0.15) is 30.5 Å². The van der Waals surface area contributed by atoms with Gasteiger partial charge in [0.15, 0.2) is 12.6 Å². The van der Waals surface area contributed by atoms with Crippen molar-refractivity contribution in [2.75, 3.05) is 27.8 Å². The maximum Gasteiger partial charge on any atom is 0.311 e. The summed E-state index contributed by atoms with van der Waals surface area (Å²) in [7, 11) is 4.89. The Morgan fingerprint density at radius 3 is 2.18 bits per heavy atom. The first-order valence-corrected chi connectivity index (χ1v) is 20.7. The fourth-order valence-corrected chi connectivity index (χ4v) is 8.82. The molecule has 0 saturated carbocycles. The highest BCUT2D eigenvalue weighted by molar-refractivity contribution is 5.76. The molecule has 3 fully saturated rings. The molecule has 0 spiro atoms. The minimum atomic E-state index is -1.96. The van der Waals surface area contributed by atoms with Gasteiger partial charge in [0.05, 0.1) is 53.7 Å². The molecule has 16 nitrogen and oxygen atoms in total. The number of aliphatic hydroxyl groups is 5. The number of aliphatic hydroxyl groups excluding tert-OH is 3. The zero-order valence-electron chi connectivity index (χ0n) is 36.8. The van der Waals surface area contributed by atoms with E-state index in [1.807, 2.05) is 34.7 Å². The molecule has 0 radical (unpaired) electrons. The number of hydrogen-bond donors (Lipinski definition) is 6. The Hall–Kier alpha value is -1.54. The van der Waals surface area contributed by atoms with Crippen LogP contribution in [0, 0.1) is 17.8 Å². The topological polar surface area (TPSA) is 215 Å². The molecule has 16 heteroatoms. The van der Waals surface area contributed by atoms with Gasteiger partial charge in [-0.15, -0.1) is 0 Å². The molecule has 3 aliphatic heterocycles. The van der Waals surface area contributed by atoms with Crippen molar-refractivity contribution in [2.45, 2.75) is 205 Å². The maximum absolute atomic E-state index is 14.2. The smallest absolute Gasteiger partial charge is 0.311 e. The summed E-state index contributed by atoms with van der Waals surface area (Å²) in [4.78, 5) is 28.7. The lowest BCUT2D eigenvalue weighted by molar-refractivity contribution is -0.309. The second kappa shape index (κ2) is 20.3. The quantitative estimate of drug-likeness (QED) is 0.164. The Bertz CT molecular complexity index is 1290. The minimum Gasteiger partial charge on any atom is -0.459 e. The van der Waals surface area contributed by atoms with Gasteiger partial charge in [0, 0.05) is 45.0 Å². The van der Waals surface area contributed by atoms with Crippen LogP contribution in [0.2, 0.25) is 0 Å². The average molecular weight is 821 g/mol. The van der Waals surface area contributed by atoms with Crippen LogP contribution in [0.25, 0.3) is 0 Å². The molecule has 3 saturated heterocycles. The van der Waals surface area contributed by atoms with Gasteiger partial charge in [-0.2, -0.15) is 0 Å². The summed E-state index contributed by atoms with van der Waals surface area (Å²) in [5.74, 6) is -3.60. The predicted octanol–water partition coefficient (Wildman–Crippen LogP) is 1.88. The first-order chi connectivity index (χ1) is 26.3. The number of nitrogens with zero attached hydrogens (tertiary/aromatic N) is 1. The summed E-state index contributed by atoms with van der Waals surface area (Å²) >= 11 is 0. The van der Waals surface area contributed by atoms with E-state index in [0.717, 1.165) is 0 Å². The third kappa shape index (κ3) is 11.9. The number of amides is 1. The van der Waals surface area contributed by atoms with Crippen LogP contribution in [-0.2, 0) is 42.7 Å². The van der Waals surface area contributed by atoms with Crippen molar-refractivity contribution >= 4 is 11.9 Å². The largest absolute Gasteiger partial charge is 0.459 e. The van der Waals surface area contributed by atoms with E-state index in [-0.39, 0.29) is 50.5 Å². The monoisotopic (exact) mass is 821 g/mol. The highest BCUT2D eigenvalue weighted by atomic mass is 16.7. The third-order valence-corrected chi connectivity index (χ3v) is 13.0. The Morgan fingerprint density at radius 2 is 1.61 bits per heavy atom. The molecular formula is C41H76N2O14. The summed E-state index contributed by atoms with van der Waals surface area (Å²) < 4.78 is 43.5. The van der Waals surface area contributed by atoms with Crippen LogP contribution >= 0.6 is 0 Å². The number of likely N-dealkylation sites (N-methyl/N-ethyl adjacent to an activating group) is 2. The van der Waals surface area contributed by atoms with Crippen molar-refractivity contribution in [2.24, 2.45) is 17.8 Å². The van der Waals surface area contributed by atoms with Gasteiger partial charge in [-0.05, 0) is 87.6 Å². The summed E-state index contributed by atoms with van der Waals surface area (Å²) in [6, 6.07) is -0.231. The lowest BCUT2D eigenvalue weighted by atomic mass is 9.75. The molecule has 0 aliphatic carbocycles. The van der Waals surface area contributed by atoms with E-state index in [4.69, 9.17) is 33.2 Å². The molecule has 3 rings (SSSR count). The first kappa shape index (κ1) is 49.8. The number of carbonyl (C=O) groups excluding carboxylic acids is 2. The van der Waals surface area contributed by atoms with Crippen molar-refractivity contribution in [1.82, 2.24) is 10.2 Å². The van der Waals surface area contributed by atoms with Crippen LogP contribution in [0.4, 0.5) is 0 Å². The summed E-state index contributed by atoms with van der Waals surface area (Å²) in [5, 5.41) is 61.5. The van der Waals surface area contributed by atoms with E-state index in [9.17, 15) is 35.1 Å². The number of rotatable bonds is 11. The SMILES string of the molecule is CC[C@H]1OC(=O)[C@H](C)[C@@H](O[C@H]2C[C@@](C)(OC)[C@@H](O)[C@H](C)O2)C[C@@H](O[C@@H]2O[C@H](C)C[C@H](N(C)C(C)C)[C@H]2O)[C@](C)(O)C[C@@H](C)[C@H](OCC(=O)NC)[C@H](C)[C@@H](O)[C@]1(C)O. The van der Waals surface area contributed by atoms with Crippen LogP contribution in [-0.4, -0.2) is 167 Å². The molecule has 0 aromatic carbocycles. The van der Waals surface area contributed by atoms with Crippen LogP contribution in [0.5, 0.6) is 0 Å². The van der Waals surface area contributed by atoms with Crippen molar-refractivity contribution in [1.29, 1.82) is 0 Å². The number of cyclic esters (lactones) is 1. The Balaban J connectivity index is 2.19. The van der Waals surface area contributed by atoms with E-state index in [1.165, 1.54) is 21.1 Å². The van der Waals surface area contributed by atoms with E-state index < -0.39 is 108 Å². The minimum absolute atomic E-state index is 0.0172. The van der Waals surface area contributed by atoms with E-state index in [1.54, 1.807) is 41.5 Å². The Morgan fingerprint density at radius 1 is 0.982 bits per heavy atom. The zero-order chi connectivity index (χ0) is 43.4. The molecular weight excluding hydrogens is 744 g/mol. The number of methoxy groups -OCH3 is 1. The molecule has 0 bridgehead atoms. The molecule has 18 atom stereocenters. The van der Waals surface area contributed by atoms with Gasteiger partial charge in [-0.3, -0.25) is 14.5 Å². The van der Waals surface area contributed by atoms with Crippen molar-refractivity contribution in [3.05, 3.63) is 0 Å². The van der Waals surface area contributed by atoms with Crippen LogP contribution in [0.15, 0.2) is 0 Å². The van der Waals surface area contributed by atoms with Gasteiger partial charge >= 0.3 is 5.97 Å². The van der Waals surface area contributed by atoms with Crippen LogP contribution in [0.3, 0.4) is 0 Å². The number of nitrogens with one attached hydrogen (secondary N) is 1. The number of ether oxygens (including phenoxy) is 7. The molecule has 334 valence electrons. The number of hydrogen-bond acceptors (Lipinski definition) is 15. The highest BCUT2D eigenvalue weighted by Gasteiger charge is 2.52. The second-order valence-electron chi connectivity index (χ2n) is 18.0. The van der Waals surface area contributed by atoms with Crippen LogP contribution < -0.4 is 5.32 Å². The van der Waals surface area contributed by atoms with Gasteiger partial charge in [-0.25, -0.2) is 0 Å². The fourth-order valence-electron chi connectivity index (χ4n) is 8.82. The predicted molar refractivity (Wildman–Crippen MR) is 210 cm³/mol. The maximum atomic E-state index is 14.2. The third-order valence-electron chi connectivity index (χ3n) is 13.0. The average Bonchev–Trinajstić information content (AvgIpc) is 3.14. The molecule has 0 unspecified atom stereocenters. The summed E-state index contributed by atoms with van der Waals surface area (Å²) in [6.07, 6.45) is -10.4. The molecule has 3 heterocycles. The van der Waals surface area contributed by atoms with Crippen molar-refractivity contribution in [3.63, 3.8) is 0 Å². The lowest BCUT2D eigenvalue weighted by Gasteiger charge is -2.48. The normalized spacial score (nSPS) is 45.7. The molecule has 3 aliphatic rings. The standard InChI is InChI=1S/C41H76N2O14/c1-15-29-41(11,50)35(46)25(7)34(52-20-31(44)42-12)22(4)18-39(9,49)30(57-38-33(45)27(16-23(5)53-38)43(13)21(2)3)17-28(24(6)37(48)56-29)55-32-19-40(10,51-14)36(47)26(8)54-32/h21-30,32-36,38,45-47,49-50H,15-20H2,1-14H3,(H,42,44)/t22-,23-,24-,25+,26+,27+,28+,29-,30-,32+,33-,34+,35-,36+,38+,39-,40-,41-/m1/s1. The lowest BCUT2D eigenvalue weighted by Crippen LogP contribution is -2.60. The molecule has 0 aromatic rings. The van der Waals surface area contributed by atoms with Crippen LogP contribution in [0.1, 0.15) is 108 Å². The van der Waals surface area contributed by atoms with Gasteiger partial charge < -0.3 is 64.0 Å². The van der Waals surface area contributed by atoms with Crippen molar-refractivity contribution in [3.8, 4) is 0 Å².